The zero-order chi connectivity index (χ0) is 17.1. The van der Waals surface area contributed by atoms with Crippen LogP contribution in [0.3, 0.4) is 0 Å². The van der Waals surface area contributed by atoms with Gasteiger partial charge < -0.3 is 15.5 Å². The Hall–Kier alpha value is -2.28. The van der Waals surface area contributed by atoms with Gasteiger partial charge in [-0.05, 0) is 43.5 Å². The third-order valence-electron chi connectivity index (χ3n) is 3.16. The number of amides is 2. The van der Waals surface area contributed by atoms with Crippen LogP contribution >= 0.6 is 0 Å². The zero-order valence-corrected chi connectivity index (χ0v) is 14.0. The quantitative estimate of drug-likeness (QED) is 0.412. The van der Waals surface area contributed by atoms with Crippen molar-refractivity contribution in [2.24, 2.45) is 0 Å². The van der Waals surface area contributed by atoms with Crippen molar-refractivity contribution in [1.82, 2.24) is 16.3 Å². The summed E-state index contributed by atoms with van der Waals surface area (Å²) in [5.74, 6) is -0.332. The highest BCUT2D eigenvalue weighted by atomic mass is 16.5. The molecule has 0 saturated heterocycles. The molecule has 7 nitrogen and oxygen atoms in total. The van der Waals surface area contributed by atoms with Gasteiger partial charge in [0.1, 0.15) is 0 Å². The average Bonchev–Trinajstić information content (AvgIpc) is 2.50. The Morgan fingerprint density at radius 1 is 1.22 bits per heavy atom. The molecule has 4 N–H and O–H groups in total. The number of urea groups is 1. The van der Waals surface area contributed by atoms with Crippen molar-refractivity contribution in [1.29, 1.82) is 0 Å². The van der Waals surface area contributed by atoms with Gasteiger partial charge in [0.15, 0.2) is 0 Å². The molecule has 0 fully saturated rings. The summed E-state index contributed by atoms with van der Waals surface area (Å²) in [6, 6.07) is 5.60. The van der Waals surface area contributed by atoms with E-state index in [0.717, 1.165) is 18.5 Å². The molecule has 0 radical (unpaired) electrons. The molecule has 0 saturated carbocycles. The first kappa shape index (κ1) is 18.8. The molecule has 1 aromatic rings. The first-order valence-corrected chi connectivity index (χ1v) is 7.86. The van der Waals surface area contributed by atoms with E-state index in [1.165, 1.54) is 11.1 Å². The van der Waals surface area contributed by atoms with Crippen molar-refractivity contribution in [3.8, 4) is 0 Å². The molecule has 23 heavy (non-hydrogen) atoms. The lowest BCUT2D eigenvalue weighted by atomic mass is 10.0. The summed E-state index contributed by atoms with van der Waals surface area (Å²) in [7, 11) is 0. The smallest absolute Gasteiger partial charge is 0.330 e. The van der Waals surface area contributed by atoms with Crippen LogP contribution in [0.1, 0.15) is 37.8 Å². The molecular formula is C16H26N4O3. The van der Waals surface area contributed by atoms with E-state index in [1.807, 2.05) is 12.1 Å². The summed E-state index contributed by atoms with van der Waals surface area (Å²) in [6.07, 6.45) is 2.31. The fourth-order valence-electron chi connectivity index (χ4n) is 2.04. The number of aryl methyl sites for hydroxylation is 2. The second kappa shape index (κ2) is 10.4. The summed E-state index contributed by atoms with van der Waals surface area (Å²) in [4.78, 5) is 22.6. The van der Waals surface area contributed by atoms with Gasteiger partial charge in [-0.3, -0.25) is 10.2 Å². The molecule has 0 spiro atoms. The van der Waals surface area contributed by atoms with Crippen molar-refractivity contribution >= 4 is 17.7 Å². The molecule has 7 heteroatoms. The maximum absolute atomic E-state index is 11.5. The van der Waals surface area contributed by atoms with Crippen molar-refractivity contribution in [3.05, 3.63) is 29.3 Å². The third-order valence-corrected chi connectivity index (χ3v) is 3.16. The number of nitrogens with one attached hydrogen (secondary N) is 4. The lowest BCUT2D eigenvalue weighted by molar-refractivity contribution is -0.142. The predicted octanol–water partition coefficient (Wildman–Crippen LogP) is 2.03. The predicted molar refractivity (Wildman–Crippen MR) is 89.7 cm³/mol. The summed E-state index contributed by atoms with van der Waals surface area (Å²) in [5, 5.41) is 2.54. The van der Waals surface area contributed by atoms with Crippen molar-refractivity contribution in [2.75, 3.05) is 18.6 Å². The number of esters is 1. The second-order valence-electron chi connectivity index (χ2n) is 5.08. The van der Waals surface area contributed by atoms with Crippen molar-refractivity contribution in [2.45, 2.75) is 40.0 Å². The molecule has 2 amide bonds. The van der Waals surface area contributed by atoms with Crippen LogP contribution in [0.15, 0.2) is 18.2 Å². The van der Waals surface area contributed by atoms with Gasteiger partial charge in [-0.1, -0.05) is 19.4 Å². The summed E-state index contributed by atoms with van der Waals surface area (Å²) in [5.41, 5.74) is 11.3. The van der Waals surface area contributed by atoms with Crippen LogP contribution in [0.5, 0.6) is 0 Å². The number of hydrogen-bond donors (Lipinski definition) is 4. The highest BCUT2D eigenvalue weighted by Gasteiger charge is 2.04. The highest BCUT2D eigenvalue weighted by Crippen LogP contribution is 2.15. The molecule has 0 atom stereocenters. The Morgan fingerprint density at radius 2 is 2.00 bits per heavy atom. The number of ether oxygens (including phenoxy) is 1. The zero-order valence-electron chi connectivity index (χ0n) is 14.0. The number of rotatable bonds is 9. The van der Waals surface area contributed by atoms with E-state index >= 15 is 0 Å². The number of carbonyl (C=O) groups is 2. The fraction of sp³-hybridized carbons (Fsp3) is 0.500. The number of benzene rings is 1. The highest BCUT2D eigenvalue weighted by molar-refractivity contribution is 5.75. The van der Waals surface area contributed by atoms with E-state index in [4.69, 9.17) is 4.74 Å². The normalized spacial score (nSPS) is 10.0. The SMILES string of the molecule is CCCc1ccc(NNNC(=O)NCCC(=O)OCC)cc1C. The average molecular weight is 322 g/mol. The van der Waals surface area contributed by atoms with Gasteiger partial charge in [0.2, 0.25) is 0 Å². The minimum atomic E-state index is -0.430. The first-order chi connectivity index (χ1) is 11.1. The summed E-state index contributed by atoms with van der Waals surface area (Å²) < 4.78 is 4.76. The molecule has 0 aliphatic rings. The van der Waals surface area contributed by atoms with Crippen LogP contribution in [0.4, 0.5) is 10.5 Å². The largest absolute Gasteiger partial charge is 0.466 e. The molecular weight excluding hydrogens is 296 g/mol. The minimum absolute atomic E-state index is 0.146. The van der Waals surface area contributed by atoms with Crippen LogP contribution in [0.25, 0.3) is 0 Å². The number of hydrogen-bond acceptors (Lipinski definition) is 5. The Bertz CT molecular complexity index is 520. The number of anilines is 1. The second-order valence-corrected chi connectivity index (χ2v) is 5.08. The van der Waals surface area contributed by atoms with Crippen molar-refractivity contribution in [3.63, 3.8) is 0 Å². The summed E-state index contributed by atoms with van der Waals surface area (Å²) in [6.45, 7) is 6.51. The molecule has 128 valence electrons. The van der Waals surface area contributed by atoms with Gasteiger partial charge in [-0.15, -0.1) is 5.53 Å². The van der Waals surface area contributed by atoms with Crippen LogP contribution < -0.4 is 21.7 Å². The molecule has 0 aromatic heterocycles. The molecule has 0 bridgehead atoms. The Kier molecular flexibility index (Phi) is 8.52. The van der Waals surface area contributed by atoms with Gasteiger partial charge in [0.05, 0.1) is 18.7 Å². The van der Waals surface area contributed by atoms with Gasteiger partial charge in [-0.2, -0.15) is 0 Å². The van der Waals surface area contributed by atoms with Crippen molar-refractivity contribution < 1.29 is 14.3 Å². The monoisotopic (exact) mass is 322 g/mol. The maximum Gasteiger partial charge on any atom is 0.330 e. The van der Waals surface area contributed by atoms with Crippen LogP contribution in [-0.4, -0.2) is 25.2 Å². The molecule has 0 unspecified atom stereocenters. The van der Waals surface area contributed by atoms with E-state index in [-0.39, 0.29) is 18.9 Å². The van der Waals surface area contributed by atoms with Gasteiger partial charge in [0, 0.05) is 6.54 Å². The topological polar surface area (TPSA) is 91.5 Å². The van der Waals surface area contributed by atoms with Gasteiger partial charge >= 0.3 is 12.0 Å². The van der Waals surface area contributed by atoms with Crippen LogP contribution in [0, 0.1) is 6.92 Å². The fourth-order valence-corrected chi connectivity index (χ4v) is 2.04. The Morgan fingerprint density at radius 3 is 2.65 bits per heavy atom. The Labute approximate surface area is 137 Å². The maximum atomic E-state index is 11.5. The van der Waals surface area contributed by atoms with E-state index in [1.54, 1.807) is 6.92 Å². The first-order valence-electron chi connectivity index (χ1n) is 7.86. The Balaban J connectivity index is 2.24. The summed E-state index contributed by atoms with van der Waals surface area (Å²) >= 11 is 0. The van der Waals surface area contributed by atoms with E-state index in [0.29, 0.717) is 6.61 Å². The molecule has 0 aliphatic heterocycles. The number of hydrazine groups is 2. The third kappa shape index (κ3) is 7.51. The van der Waals surface area contributed by atoms with Gasteiger partial charge in [-0.25, -0.2) is 4.79 Å². The van der Waals surface area contributed by atoms with E-state index < -0.39 is 6.03 Å². The number of carbonyl (C=O) groups excluding carboxylic acids is 2. The molecule has 1 rings (SSSR count). The molecule has 0 heterocycles. The lowest BCUT2D eigenvalue weighted by Gasteiger charge is -2.12. The molecule has 1 aromatic carbocycles. The van der Waals surface area contributed by atoms with E-state index in [9.17, 15) is 9.59 Å². The molecule has 0 aliphatic carbocycles. The van der Waals surface area contributed by atoms with Crippen LogP contribution in [0.2, 0.25) is 0 Å². The van der Waals surface area contributed by atoms with Crippen LogP contribution in [-0.2, 0) is 16.0 Å². The van der Waals surface area contributed by atoms with Gasteiger partial charge in [0.25, 0.3) is 0 Å². The van der Waals surface area contributed by atoms with E-state index in [2.05, 4.69) is 41.6 Å². The standard InChI is InChI=1S/C16H26N4O3/c1-4-6-13-7-8-14(11-12(13)3)18-20-19-16(22)17-10-9-15(21)23-5-2/h7-8,11,18,20H,4-6,9-10H2,1-3H3,(H2,17,19,22). The lowest BCUT2D eigenvalue weighted by Crippen LogP contribution is -2.47. The minimum Gasteiger partial charge on any atom is -0.466 e.